The maximum absolute atomic E-state index is 12.4. The maximum Gasteiger partial charge on any atom is 0.311 e. The molecule has 0 aromatic rings. The fourth-order valence-corrected chi connectivity index (χ4v) is 4.70. The first-order chi connectivity index (χ1) is 10.3. The quantitative estimate of drug-likeness (QED) is 0.730. The van der Waals surface area contributed by atoms with Crippen molar-refractivity contribution in [1.82, 2.24) is 0 Å². The van der Waals surface area contributed by atoms with Crippen molar-refractivity contribution in [3.63, 3.8) is 0 Å². The van der Waals surface area contributed by atoms with E-state index in [9.17, 15) is 4.79 Å². The third-order valence-corrected chi connectivity index (χ3v) is 5.77. The average Bonchev–Trinajstić information content (AvgIpc) is 2.90. The highest BCUT2D eigenvalue weighted by Gasteiger charge is 2.58. The van der Waals surface area contributed by atoms with E-state index in [0.29, 0.717) is 18.3 Å². The van der Waals surface area contributed by atoms with Crippen molar-refractivity contribution < 1.29 is 19.0 Å². The zero-order valence-electron chi connectivity index (χ0n) is 14.4. The molecule has 3 fully saturated rings. The van der Waals surface area contributed by atoms with Gasteiger partial charge in [-0.3, -0.25) is 4.79 Å². The molecule has 0 N–H and O–H groups in total. The van der Waals surface area contributed by atoms with E-state index < -0.39 is 11.4 Å². The molecule has 3 rings (SSSR count). The third kappa shape index (κ3) is 2.80. The van der Waals surface area contributed by atoms with E-state index in [0.717, 1.165) is 32.3 Å². The van der Waals surface area contributed by atoms with Gasteiger partial charge in [0.05, 0.1) is 12.5 Å². The predicted molar refractivity (Wildman–Crippen MR) is 83.2 cm³/mol. The van der Waals surface area contributed by atoms with E-state index in [1.54, 1.807) is 0 Å². The molecule has 126 valence electrons. The fraction of sp³-hybridized carbons (Fsp3) is 0.944. The van der Waals surface area contributed by atoms with E-state index in [-0.39, 0.29) is 18.0 Å². The van der Waals surface area contributed by atoms with E-state index in [1.807, 2.05) is 6.92 Å². The van der Waals surface area contributed by atoms with Gasteiger partial charge in [0.2, 0.25) is 5.79 Å². The molecule has 1 aliphatic carbocycles. The second-order valence-electron chi connectivity index (χ2n) is 8.12. The van der Waals surface area contributed by atoms with Crippen molar-refractivity contribution in [1.29, 1.82) is 0 Å². The Morgan fingerprint density at radius 1 is 1.23 bits per heavy atom. The van der Waals surface area contributed by atoms with Crippen molar-refractivity contribution >= 4 is 5.97 Å². The lowest BCUT2D eigenvalue weighted by Gasteiger charge is -2.54. The lowest BCUT2D eigenvalue weighted by molar-refractivity contribution is -0.352. The van der Waals surface area contributed by atoms with Gasteiger partial charge in [0.15, 0.2) is 0 Å². The molecule has 0 aromatic heterocycles. The Labute approximate surface area is 133 Å². The largest absolute Gasteiger partial charge is 0.433 e. The molecule has 4 nitrogen and oxygen atoms in total. The summed E-state index contributed by atoms with van der Waals surface area (Å²) < 4.78 is 18.4. The lowest BCUT2D eigenvalue weighted by Crippen LogP contribution is -2.62. The van der Waals surface area contributed by atoms with Gasteiger partial charge in [-0.25, -0.2) is 0 Å². The average molecular weight is 310 g/mol. The number of hydrogen-bond donors (Lipinski definition) is 0. The van der Waals surface area contributed by atoms with Gasteiger partial charge in [-0.2, -0.15) is 0 Å². The van der Waals surface area contributed by atoms with Crippen LogP contribution < -0.4 is 0 Å². The number of esters is 1. The van der Waals surface area contributed by atoms with Crippen LogP contribution in [0, 0.1) is 17.8 Å². The standard InChI is InChI=1S/C18H30O4/c1-12(2)14-8-7-13(3)10-18(14)21-16(19)11-17(4,22-18)15-6-5-9-20-15/h12-15H,5-11H2,1-4H3/t13-,14+,15-,17-,18-/m1/s1. The van der Waals surface area contributed by atoms with Crippen molar-refractivity contribution in [3.8, 4) is 0 Å². The molecule has 5 atom stereocenters. The van der Waals surface area contributed by atoms with Crippen molar-refractivity contribution in [2.75, 3.05) is 6.61 Å². The molecule has 0 unspecified atom stereocenters. The molecule has 0 amide bonds. The SMILES string of the molecule is CC(C)[C@@H]1CC[C@@H](C)C[C@]12OC(=O)C[C@](C)([C@H]1CCCO1)O2. The molecule has 2 aliphatic heterocycles. The van der Waals surface area contributed by atoms with Crippen LogP contribution in [0.2, 0.25) is 0 Å². The summed E-state index contributed by atoms with van der Waals surface area (Å²) in [5.74, 6) is 0.362. The summed E-state index contributed by atoms with van der Waals surface area (Å²) >= 11 is 0. The van der Waals surface area contributed by atoms with Crippen LogP contribution in [0.5, 0.6) is 0 Å². The van der Waals surface area contributed by atoms with Gasteiger partial charge in [-0.1, -0.05) is 20.8 Å². The smallest absolute Gasteiger partial charge is 0.311 e. The molecule has 2 saturated heterocycles. The number of carbonyl (C=O) groups excluding carboxylic acids is 1. The van der Waals surface area contributed by atoms with Crippen LogP contribution in [-0.4, -0.2) is 30.1 Å². The Balaban J connectivity index is 1.91. The minimum atomic E-state index is -0.748. The summed E-state index contributed by atoms with van der Waals surface area (Å²) in [6.07, 6.45) is 5.40. The van der Waals surface area contributed by atoms with Crippen LogP contribution >= 0.6 is 0 Å². The molecule has 0 aromatic carbocycles. The van der Waals surface area contributed by atoms with E-state index >= 15 is 0 Å². The highest BCUT2D eigenvalue weighted by Crippen LogP contribution is 2.50. The van der Waals surface area contributed by atoms with Gasteiger partial charge in [0.25, 0.3) is 0 Å². The lowest BCUT2D eigenvalue weighted by atomic mass is 9.71. The minimum absolute atomic E-state index is 0.0160. The summed E-state index contributed by atoms with van der Waals surface area (Å²) in [6, 6.07) is 0. The van der Waals surface area contributed by atoms with Gasteiger partial charge in [0, 0.05) is 18.9 Å². The molecule has 0 bridgehead atoms. The van der Waals surface area contributed by atoms with E-state index in [2.05, 4.69) is 20.8 Å². The molecule has 3 aliphatic rings. The zero-order valence-corrected chi connectivity index (χ0v) is 14.4. The second kappa shape index (κ2) is 5.79. The Bertz CT molecular complexity index is 429. The highest BCUT2D eigenvalue weighted by molar-refractivity contribution is 5.72. The summed E-state index contributed by atoms with van der Waals surface area (Å²) in [7, 11) is 0. The van der Waals surface area contributed by atoms with Crippen LogP contribution in [0.3, 0.4) is 0 Å². The first kappa shape index (κ1) is 16.3. The Kier molecular flexibility index (Phi) is 4.28. The Morgan fingerprint density at radius 2 is 2.00 bits per heavy atom. The molecule has 0 radical (unpaired) electrons. The number of carbonyl (C=O) groups is 1. The van der Waals surface area contributed by atoms with Crippen molar-refractivity contribution in [2.24, 2.45) is 17.8 Å². The van der Waals surface area contributed by atoms with Crippen LogP contribution in [0.15, 0.2) is 0 Å². The molecular weight excluding hydrogens is 280 g/mol. The minimum Gasteiger partial charge on any atom is -0.433 e. The van der Waals surface area contributed by atoms with Gasteiger partial charge in [-0.05, 0) is 44.4 Å². The second-order valence-corrected chi connectivity index (χ2v) is 8.12. The molecule has 4 heteroatoms. The van der Waals surface area contributed by atoms with Crippen LogP contribution in [0.4, 0.5) is 0 Å². The predicted octanol–water partition coefficient (Wildman–Crippen LogP) is 3.68. The first-order valence-electron chi connectivity index (χ1n) is 8.88. The number of ether oxygens (including phenoxy) is 3. The molecule has 2 heterocycles. The molecule has 1 spiro atoms. The maximum atomic E-state index is 12.4. The normalized spacial score (nSPS) is 46.2. The molecule has 22 heavy (non-hydrogen) atoms. The van der Waals surface area contributed by atoms with Crippen LogP contribution in [0.1, 0.15) is 66.2 Å². The summed E-state index contributed by atoms with van der Waals surface area (Å²) in [5.41, 5.74) is -0.546. The number of hydrogen-bond acceptors (Lipinski definition) is 4. The van der Waals surface area contributed by atoms with Gasteiger partial charge >= 0.3 is 5.97 Å². The summed E-state index contributed by atoms with van der Waals surface area (Å²) in [5, 5.41) is 0. The first-order valence-corrected chi connectivity index (χ1v) is 8.88. The van der Waals surface area contributed by atoms with E-state index in [1.165, 1.54) is 6.42 Å². The number of rotatable bonds is 2. The van der Waals surface area contributed by atoms with Gasteiger partial charge in [0.1, 0.15) is 5.60 Å². The van der Waals surface area contributed by atoms with Crippen molar-refractivity contribution in [2.45, 2.75) is 83.7 Å². The molecular formula is C18H30O4. The fourth-order valence-electron chi connectivity index (χ4n) is 4.70. The van der Waals surface area contributed by atoms with E-state index in [4.69, 9.17) is 14.2 Å². The van der Waals surface area contributed by atoms with Crippen LogP contribution in [-0.2, 0) is 19.0 Å². The van der Waals surface area contributed by atoms with Crippen molar-refractivity contribution in [3.05, 3.63) is 0 Å². The zero-order chi connectivity index (χ0) is 16.0. The summed E-state index contributed by atoms with van der Waals surface area (Å²) in [4.78, 5) is 12.4. The topological polar surface area (TPSA) is 44.8 Å². The third-order valence-electron chi connectivity index (χ3n) is 5.77. The molecule has 1 saturated carbocycles. The Morgan fingerprint density at radius 3 is 2.64 bits per heavy atom. The van der Waals surface area contributed by atoms with Crippen LogP contribution in [0.25, 0.3) is 0 Å². The summed E-state index contributed by atoms with van der Waals surface area (Å²) in [6.45, 7) is 9.46. The van der Waals surface area contributed by atoms with Gasteiger partial charge < -0.3 is 14.2 Å². The van der Waals surface area contributed by atoms with Gasteiger partial charge in [-0.15, -0.1) is 0 Å². The monoisotopic (exact) mass is 310 g/mol. The Hall–Kier alpha value is -0.610. The highest BCUT2D eigenvalue weighted by atomic mass is 16.7.